The van der Waals surface area contributed by atoms with E-state index in [1.807, 2.05) is 38.1 Å². The molecular formula is C26H31N3O5. The third-order valence-electron chi connectivity index (χ3n) is 5.84. The lowest BCUT2D eigenvalue weighted by molar-refractivity contribution is -0.151. The van der Waals surface area contributed by atoms with Gasteiger partial charge in [-0.2, -0.15) is 0 Å². The highest BCUT2D eigenvalue weighted by Crippen LogP contribution is 2.23. The third kappa shape index (κ3) is 6.21. The van der Waals surface area contributed by atoms with Crippen molar-refractivity contribution in [1.29, 1.82) is 0 Å². The van der Waals surface area contributed by atoms with E-state index in [1.54, 1.807) is 18.2 Å². The summed E-state index contributed by atoms with van der Waals surface area (Å²) in [7, 11) is 0. The molecule has 8 heteroatoms. The maximum atomic E-state index is 12.5. The number of ether oxygens (including phenoxy) is 1. The van der Waals surface area contributed by atoms with Crippen molar-refractivity contribution in [2.75, 3.05) is 18.5 Å². The lowest BCUT2D eigenvalue weighted by Gasteiger charge is -2.20. The molecule has 2 aromatic rings. The Hall–Kier alpha value is -3.68. The number of benzene rings is 2. The van der Waals surface area contributed by atoms with Crippen LogP contribution in [-0.2, 0) is 24.5 Å². The molecule has 8 nitrogen and oxygen atoms in total. The van der Waals surface area contributed by atoms with Gasteiger partial charge in [0.05, 0.1) is 12.5 Å². The molecule has 2 aromatic carbocycles. The number of esters is 1. The quantitative estimate of drug-likeness (QED) is 0.637. The van der Waals surface area contributed by atoms with Crippen molar-refractivity contribution in [2.24, 2.45) is 5.92 Å². The number of amides is 3. The molecule has 0 saturated carbocycles. The van der Waals surface area contributed by atoms with E-state index >= 15 is 0 Å². The minimum atomic E-state index is -0.759. The van der Waals surface area contributed by atoms with Crippen LogP contribution in [0, 0.1) is 19.8 Å². The molecule has 34 heavy (non-hydrogen) atoms. The van der Waals surface area contributed by atoms with Crippen LogP contribution in [0.25, 0.3) is 0 Å². The van der Waals surface area contributed by atoms with Gasteiger partial charge >= 0.3 is 5.97 Å². The number of aryl methyl sites for hydroxylation is 2. The van der Waals surface area contributed by atoms with Crippen LogP contribution < -0.4 is 10.7 Å². The molecule has 1 saturated heterocycles. The van der Waals surface area contributed by atoms with E-state index in [2.05, 4.69) is 31.5 Å². The first-order valence-corrected chi connectivity index (χ1v) is 11.2. The maximum Gasteiger partial charge on any atom is 0.311 e. The Labute approximate surface area is 199 Å². The van der Waals surface area contributed by atoms with Crippen molar-refractivity contribution in [1.82, 2.24) is 10.4 Å². The summed E-state index contributed by atoms with van der Waals surface area (Å²) in [5, 5.41) is 3.81. The van der Waals surface area contributed by atoms with E-state index in [0.717, 1.165) is 21.7 Å². The number of anilines is 1. The molecule has 1 aliphatic heterocycles. The van der Waals surface area contributed by atoms with Gasteiger partial charge in [-0.05, 0) is 60.2 Å². The van der Waals surface area contributed by atoms with Crippen molar-refractivity contribution in [3.05, 3.63) is 64.7 Å². The van der Waals surface area contributed by atoms with Crippen molar-refractivity contribution in [3.63, 3.8) is 0 Å². The molecule has 180 valence electrons. The van der Waals surface area contributed by atoms with Crippen LogP contribution in [0.4, 0.5) is 5.69 Å². The van der Waals surface area contributed by atoms with Gasteiger partial charge in [0.2, 0.25) is 5.91 Å². The summed E-state index contributed by atoms with van der Waals surface area (Å²) in [6, 6.07) is 12.7. The topological polar surface area (TPSA) is 105 Å². The van der Waals surface area contributed by atoms with Crippen LogP contribution in [0.3, 0.4) is 0 Å². The number of hydrogen-bond donors (Lipinski definition) is 2. The standard InChI is InChI=1S/C26H31N3O5/c1-16-6-11-21(12-17(16)2)27-22(30)15-34-25(33)19-13-23(31)29(14-19)28-24(32)18-7-9-20(10-8-18)26(3,4)5/h6-12,19H,13-15H2,1-5H3,(H,27,30)(H,28,32)/t19-/m1/s1. The number of nitrogens with one attached hydrogen (secondary N) is 2. The highest BCUT2D eigenvalue weighted by atomic mass is 16.5. The summed E-state index contributed by atoms with van der Waals surface area (Å²) >= 11 is 0. The fraction of sp³-hybridized carbons (Fsp3) is 0.385. The molecule has 0 spiro atoms. The Morgan fingerprint density at radius 1 is 1.03 bits per heavy atom. The summed E-state index contributed by atoms with van der Waals surface area (Å²) in [6.45, 7) is 9.69. The largest absolute Gasteiger partial charge is 0.455 e. The van der Waals surface area contributed by atoms with Crippen molar-refractivity contribution in [2.45, 2.75) is 46.5 Å². The molecule has 1 heterocycles. The van der Waals surface area contributed by atoms with Gasteiger partial charge < -0.3 is 10.1 Å². The van der Waals surface area contributed by atoms with Crippen LogP contribution in [-0.4, -0.2) is 41.9 Å². The SMILES string of the molecule is Cc1ccc(NC(=O)COC(=O)[C@@H]2CC(=O)N(NC(=O)c3ccc(C(C)(C)C)cc3)C2)cc1C. The maximum absolute atomic E-state index is 12.5. The Bertz CT molecular complexity index is 1100. The van der Waals surface area contributed by atoms with Crippen molar-refractivity contribution in [3.8, 4) is 0 Å². The predicted octanol–water partition coefficient (Wildman–Crippen LogP) is 3.28. The van der Waals surface area contributed by atoms with Crippen LogP contribution >= 0.6 is 0 Å². The molecule has 0 unspecified atom stereocenters. The lowest BCUT2D eigenvalue weighted by atomic mass is 9.87. The highest BCUT2D eigenvalue weighted by molar-refractivity contribution is 5.97. The molecule has 0 bridgehead atoms. The average Bonchev–Trinajstić information content (AvgIpc) is 3.14. The second kappa shape index (κ2) is 10.1. The number of nitrogens with zero attached hydrogens (tertiary/aromatic N) is 1. The van der Waals surface area contributed by atoms with Gasteiger partial charge in [0.15, 0.2) is 6.61 Å². The summed E-state index contributed by atoms with van der Waals surface area (Å²) in [6.07, 6.45) is -0.0964. The number of carbonyl (C=O) groups is 4. The normalized spacial score (nSPS) is 15.7. The van der Waals surface area contributed by atoms with Gasteiger partial charge in [-0.1, -0.05) is 39.0 Å². The highest BCUT2D eigenvalue weighted by Gasteiger charge is 2.36. The minimum Gasteiger partial charge on any atom is -0.455 e. The average molecular weight is 466 g/mol. The van der Waals surface area contributed by atoms with Crippen molar-refractivity contribution >= 4 is 29.4 Å². The molecule has 1 fully saturated rings. The van der Waals surface area contributed by atoms with E-state index in [-0.39, 0.29) is 24.3 Å². The zero-order chi connectivity index (χ0) is 25.0. The molecule has 3 rings (SSSR count). The molecule has 0 aromatic heterocycles. The lowest BCUT2D eigenvalue weighted by Crippen LogP contribution is -2.43. The predicted molar refractivity (Wildman–Crippen MR) is 128 cm³/mol. The Balaban J connectivity index is 1.49. The minimum absolute atomic E-state index is 0.0116. The van der Waals surface area contributed by atoms with Crippen molar-refractivity contribution < 1.29 is 23.9 Å². The Morgan fingerprint density at radius 2 is 1.71 bits per heavy atom. The fourth-order valence-corrected chi connectivity index (χ4v) is 3.55. The van der Waals surface area contributed by atoms with Crippen LogP contribution in [0.15, 0.2) is 42.5 Å². The number of hydrogen-bond acceptors (Lipinski definition) is 5. The molecule has 0 aliphatic carbocycles. The Kier molecular flexibility index (Phi) is 7.39. The smallest absolute Gasteiger partial charge is 0.311 e. The van der Waals surface area contributed by atoms with Crippen LogP contribution in [0.1, 0.15) is 54.2 Å². The summed E-state index contributed by atoms with van der Waals surface area (Å²) in [5.74, 6) is -2.71. The summed E-state index contributed by atoms with van der Waals surface area (Å²) < 4.78 is 5.10. The molecular weight excluding hydrogens is 434 g/mol. The van der Waals surface area contributed by atoms with Crippen LogP contribution in [0.2, 0.25) is 0 Å². The first-order chi connectivity index (χ1) is 15.9. The number of rotatable bonds is 6. The zero-order valence-corrected chi connectivity index (χ0v) is 20.2. The van der Waals surface area contributed by atoms with Gasteiger partial charge in [0, 0.05) is 17.7 Å². The fourth-order valence-electron chi connectivity index (χ4n) is 3.55. The molecule has 0 radical (unpaired) electrons. The van der Waals surface area contributed by atoms with Crippen LogP contribution in [0.5, 0.6) is 0 Å². The first kappa shape index (κ1) is 25.0. The summed E-state index contributed by atoms with van der Waals surface area (Å²) in [4.78, 5) is 49.4. The van der Waals surface area contributed by atoms with E-state index < -0.39 is 30.3 Å². The van der Waals surface area contributed by atoms with E-state index in [1.165, 1.54) is 0 Å². The molecule has 3 amide bonds. The van der Waals surface area contributed by atoms with Gasteiger partial charge in [0.25, 0.3) is 11.8 Å². The van der Waals surface area contributed by atoms with E-state index in [9.17, 15) is 19.2 Å². The van der Waals surface area contributed by atoms with Gasteiger partial charge in [-0.3, -0.25) is 29.6 Å². The monoisotopic (exact) mass is 465 g/mol. The third-order valence-corrected chi connectivity index (χ3v) is 5.84. The van der Waals surface area contributed by atoms with E-state index in [4.69, 9.17) is 4.74 Å². The molecule has 2 N–H and O–H groups in total. The van der Waals surface area contributed by atoms with Gasteiger partial charge in [0.1, 0.15) is 0 Å². The summed E-state index contributed by atoms with van der Waals surface area (Å²) in [5.41, 5.74) is 6.77. The Morgan fingerprint density at radius 3 is 2.32 bits per heavy atom. The van der Waals surface area contributed by atoms with Gasteiger partial charge in [-0.15, -0.1) is 0 Å². The first-order valence-electron chi connectivity index (χ1n) is 11.2. The second-order valence-electron chi connectivity index (χ2n) is 9.63. The van der Waals surface area contributed by atoms with Gasteiger partial charge in [-0.25, -0.2) is 0 Å². The second-order valence-corrected chi connectivity index (χ2v) is 9.63. The zero-order valence-electron chi connectivity index (χ0n) is 20.2. The molecule has 1 aliphatic rings. The number of carbonyl (C=O) groups excluding carboxylic acids is 4. The van der Waals surface area contributed by atoms with E-state index in [0.29, 0.717) is 11.3 Å². The molecule has 1 atom stereocenters. The number of hydrazine groups is 1.